The molecule has 10 nitrogen and oxygen atoms in total. The molecule has 3 N–H and O–H groups in total. The highest BCUT2D eigenvalue weighted by Gasteiger charge is 2.31. The molecule has 10 heteroatoms. The number of rotatable bonds is 15. The summed E-state index contributed by atoms with van der Waals surface area (Å²) < 4.78 is 13.9. The predicted octanol–water partition coefficient (Wildman–Crippen LogP) is 5.32. The van der Waals surface area contributed by atoms with Crippen LogP contribution in [0.1, 0.15) is 103 Å². The van der Waals surface area contributed by atoms with E-state index in [0.29, 0.717) is 19.8 Å². The second-order valence-electron chi connectivity index (χ2n) is 12.7. The molecular weight excluding hydrogens is 594 g/mol. The summed E-state index contributed by atoms with van der Waals surface area (Å²) in [6.45, 7) is 3.32. The van der Waals surface area contributed by atoms with Crippen LogP contribution in [0.3, 0.4) is 0 Å². The summed E-state index contributed by atoms with van der Waals surface area (Å²) in [4.78, 5) is 40.2. The molecule has 0 radical (unpaired) electrons. The molecule has 3 amide bonds. The number of nitrogens with one attached hydrogen (secondary N) is 3. The Labute approximate surface area is 278 Å². The molecule has 1 heterocycles. The van der Waals surface area contributed by atoms with Gasteiger partial charge in [-0.1, -0.05) is 99.7 Å². The van der Waals surface area contributed by atoms with Gasteiger partial charge in [-0.2, -0.15) is 5.10 Å². The van der Waals surface area contributed by atoms with Crippen LogP contribution in [0.15, 0.2) is 66.7 Å². The first-order chi connectivity index (χ1) is 23.0. The van der Waals surface area contributed by atoms with Gasteiger partial charge in [0, 0.05) is 12.6 Å². The lowest BCUT2D eigenvalue weighted by atomic mass is 9.92. The number of unbranched alkanes of at least 4 members (excludes halogenated alkanes) is 1. The van der Waals surface area contributed by atoms with E-state index in [2.05, 4.69) is 21.0 Å². The Bertz CT molecular complexity index is 1430. The van der Waals surface area contributed by atoms with E-state index in [1.54, 1.807) is 0 Å². The van der Waals surface area contributed by atoms with Crippen molar-refractivity contribution >= 4 is 17.7 Å². The summed E-state index contributed by atoms with van der Waals surface area (Å²) in [5.41, 5.74) is 2.46. The molecule has 0 unspecified atom stereocenters. The minimum absolute atomic E-state index is 0.104. The van der Waals surface area contributed by atoms with Crippen molar-refractivity contribution in [2.75, 3.05) is 6.54 Å². The van der Waals surface area contributed by atoms with Crippen LogP contribution in [0.5, 0.6) is 0 Å². The van der Waals surface area contributed by atoms with Gasteiger partial charge in [0.05, 0.1) is 37.5 Å². The van der Waals surface area contributed by atoms with E-state index in [4.69, 9.17) is 9.47 Å². The molecule has 0 bridgehead atoms. The van der Waals surface area contributed by atoms with Crippen LogP contribution in [-0.4, -0.2) is 58.3 Å². The Kier molecular flexibility index (Phi) is 13.0. The third-order valence-electron chi connectivity index (χ3n) is 9.04. The van der Waals surface area contributed by atoms with Crippen LogP contribution >= 0.6 is 0 Å². The molecule has 5 rings (SSSR count). The van der Waals surface area contributed by atoms with Gasteiger partial charge in [-0.25, -0.2) is 4.68 Å². The molecule has 2 aliphatic carbocycles. The van der Waals surface area contributed by atoms with Gasteiger partial charge < -0.3 is 25.4 Å². The first-order valence-electron chi connectivity index (χ1n) is 17.3. The van der Waals surface area contributed by atoms with Crippen LogP contribution in [0.2, 0.25) is 0 Å². The molecule has 3 aromatic rings. The fraction of sp³-hybridized carbons (Fsp3) is 0.514. The highest BCUT2D eigenvalue weighted by atomic mass is 16.5. The average Bonchev–Trinajstić information content (AvgIpc) is 3.52. The third kappa shape index (κ3) is 10.2. The zero-order valence-electron chi connectivity index (χ0n) is 27.5. The Morgan fingerprint density at radius 3 is 1.89 bits per heavy atom. The number of amides is 3. The predicted molar refractivity (Wildman–Crippen MR) is 180 cm³/mol. The molecule has 252 valence electrons. The highest BCUT2D eigenvalue weighted by Crippen LogP contribution is 2.24. The maximum atomic E-state index is 13.8. The largest absolute Gasteiger partial charge is 0.371 e. The van der Waals surface area contributed by atoms with E-state index in [1.165, 1.54) is 10.7 Å². The second-order valence-corrected chi connectivity index (χ2v) is 12.7. The molecule has 0 aliphatic heterocycles. The van der Waals surface area contributed by atoms with E-state index < -0.39 is 0 Å². The van der Waals surface area contributed by atoms with Gasteiger partial charge in [0.1, 0.15) is 12.2 Å². The van der Waals surface area contributed by atoms with Crippen LogP contribution in [0.25, 0.3) is 0 Å². The molecular formula is C37H49N5O5. The Morgan fingerprint density at radius 1 is 0.766 bits per heavy atom. The molecule has 1 aromatic heterocycles. The molecule has 4 atom stereocenters. The second kappa shape index (κ2) is 17.8. The number of hydrogen-bond acceptors (Lipinski definition) is 6. The smallest absolute Gasteiger partial charge is 0.271 e. The van der Waals surface area contributed by atoms with Crippen LogP contribution in [0.4, 0.5) is 0 Å². The zero-order valence-corrected chi connectivity index (χ0v) is 27.5. The molecule has 0 saturated heterocycles. The topological polar surface area (TPSA) is 124 Å². The summed E-state index contributed by atoms with van der Waals surface area (Å²) >= 11 is 0. The molecule has 2 fully saturated rings. The van der Waals surface area contributed by atoms with Crippen molar-refractivity contribution in [2.45, 2.75) is 115 Å². The van der Waals surface area contributed by atoms with Crippen molar-refractivity contribution in [2.24, 2.45) is 0 Å². The first-order valence-corrected chi connectivity index (χ1v) is 17.3. The van der Waals surface area contributed by atoms with Gasteiger partial charge in [0.25, 0.3) is 11.8 Å². The normalized spacial score (nSPS) is 21.1. The third-order valence-corrected chi connectivity index (χ3v) is 9.04. The fourth-order valence-corrected chi connectivity index (χ4v) is 6.41. The van der Waals surface area contributed by atoms with E-state index in [9.17, 15) is 14.4 Å². The van der Waals surface area contributed by atoms with Crippen molar-refractivity contribution < 1.29 is 23.9 Å². The highest BCUT2D eigenvalue weighted by molar-refractivity contribution is 5.98. The number of benzene rings is 2. The van der Waals surface area contributed by atoms with Crippen molar-refractivity contribution in [3.63, 3.8) is 0 Å². The van der Waals surface area contributed by atoms with Gasteiger partial charge in [0.2, 0.25) is 5.91 Å². The molecule has 47 heavy (non-hydrogen) atoms. The van der Waals surface area contributed by atoms with Crippen molar-refractivity contribution in [1.29, 1.82) is 0 Å². The van der Waals surface area contributed by atoms with Crippen LogP contribution < -0.4 is 16.0 Å². The number of carbonyl (C=O) groups is 3. The summed E-state index contributed by atoms with van der Waals surface area (Å²) in [6, 6.07) is 21.2. The lowest BCUT2D eigenvalue weighted by Crippen LogP contribution is -2.48. The van der Waals surface area contributed by atoms with E-state index >= 15 is 0 Å². The number of hydrogen-bond donors (Lipinski definition) is 3. The van der Waals surface area contributed by atoms with Crippen molar-refractivity contribution in [3.05, 3.63) is 89.2 Å². The van der Waals surface area contributed by atoms with E-state index in [1.807, 2.05) is 67.6 Å². The number of aromatic nitrogens is 2. The van der Waals surface area contributed by atoms with Crippen molar-refractivity contribution in [1.82, 2.24) is 25.7 Å². The summed E-state index contributed by atoms with van der Waals surface area (Å²) in [5, 5.41) is 13.6. The maximum absolute atomic E-state index is 13.8. The minimum Gasteiger partial charge on any atom is -0.371 e. The first kappa shape index (κ1) is 34.3. The van der Waals surface area contributed by atoms with E-state index in [-0.39, 0.29) is 59.9 Å². The van der Waals surface area contributed by atoms with Gasteiger partial charge in [-0.3, -0.25) is 14.4 Å². The molecule has 0 spiro atoms. The number of carbonyl (C=O) groups excluding carboxylic acids is 3. The summed E-state index contributed by atoms with van der Waals surface area (Å²) in [6.07, 6.45) is 8.91. The molecule has 2 aliphatic rings. The fourth-order valence-electron chi connectivity index (χ4n) is 6.41. The summed E-state index contributed by atoms with van der Waals surface area (Å²) in [5.74, 6) is -1.02. The van der Waals surface area contributed by atoms with Crippen molar-refractivity contribution in [3.8, 4) is 0 Å². The Morgan fingerprint density at radius 2 is 1.32 bits per heavy atom. The van der Waals surface area contributed by atoms with Gasteiger partial charge in [0.15, 0.2) is 5.69 Å². The maximum Gasteiger partial charge on any atom is 0.271 e. The standard InChI is InChI=1S/C37H49N5O5/c1-2-3-22-38-36(44)31-23-32(37(45)40-30-19-11-13-21-34(30)47-26-28-16-8-5-9-17-28)42(41-31)24-35(43)39-29-18-10-12-20-33(29)46-25-27-14-6-4-7-15-27/h4-9,14-17,23,29-30,33-34H,2-3,10-13,18-22,24-26H2,1H3,(H,38,44)(H,39,43)(H,40,45)/t29-,30-,33-,34-/m0/s1. The lowest BCUT2D eigenvalue weighted by molar-refractivity contribution is -0.124. The molecule has 2 aromatic carbocycles. The molecule has 2 saturated carbocycles. The average molecular weight is 644 g/mol. The zero-order chi connectivity index (χ0) is 32.8. The lowest BCUT2D eigenvalue weighted by Gasteiger charge is -2.32. The van der Waals surface area contributed by atoms with E-state index in [0.717, 1.165) is 75.3 Å². The summed E-state index contributed by atoms with van der Waals surface area (Å²) in [7, 11) is 0. The quantitative estimate of drug-likeness (QED) is 0.193. The van der Waals surface area contributed by atoms with Gasteiger partial charge in [-0.05, 0) is 43.2 Å². The SMILES string of the molecule is CCCCNC(=O)c1cc(C(=O)N[C@H]2CCCC[C@@H]2OCc2ccccc2)n(CC(=O)N[C@H]2CCCC[C@@H]2OCc2ccccc2)n1. The number of nitrogens with zero attached hydrogens (tertiary/aromatic N) is 2. The minimum atomic E-state index is -0.375. The monoisotopic (exact) mass is 643 g/mol. The Hall–Kier alpha value is -4.02. The Balaban J connectivity index is 1.26. The van der Waals surface area contributed by atoms with Crippen LogP contribution in [-0.2, 0) is 34.0 Å². The van der Waals surface area contributed by atoms with Gasteiger partial charge >= 0.3 is 0 Å². The number of ether oxygens (including phenoxy) is 2. The van der Waals surface area contributed by atoms with Gasteiger partial charge in [-0.15, -0.1) is 0 Å². The van der Waals surface area contributed by atoms with Crippen LogP contribution in [0, 0.1) is 0 Å².